The quantitative estimate of drug-likeness (QED) is 0.818. The normalized spacial score (nSPS) is 18.7. The van der Waals surface area contributed by atoms with E-state index >= 15 is 0 Å². The van der Waals surface area contributed by atoms with Crippen LogP contribution in [0.1, 0.15) is 50.5 Å². The molecule has 6 heteroatoms. The molecule has 6 nitrogen and oxygen atoms in total. The van der Waals surface area contributed by atoms with Gasteiger partial charge in [0.1, 0.15) is 5.60 Å². The van der Waals surface area contributed by atoms with E-state index in [1.165, 1.54) is 0 Å². The first kappa shape index (κ1) is 17.5. The highest BCUT2D eigenvalue weighted by Gasteiger charge is 2.30. The van der Waals surface area contributed by atoms with E-state index in [4.69, 9.17) is 4.74 Å². The lowest BCUT2D eigenvalue weighted by Crippen LogP contribution is -2.50. The molecule has 1 aliphatic heterocycles. The van der Waals surface area contributed by atoms with Crippen LogP contribution in [0, 0.1) is 0 Å². The van der Waals surface area contributed by atoms with Crippen LogP contribution in [-0.2, 0) is 4.74 Å². The van der Waals surface area contributed by atoms with Gasteiger partial charge in [0.2, 0.25) is 0 Å². The fourth-order valence-electron chi connectivity index (χ4n) is 2.73. The summed E-state index contributed by atoms with van der Waals surface area (Å²) in [6.45, 7) is 7.20. The van der Waals surface area contributed by atoms with Crippen LogP contribution in [0.4, 0.5) is 4.79 Å². The van der Waals surface area contributed by atoms with Gasteiger partial charge in [-0.15, -0.1) is 0 Å². The number of carbonyl (C=O) groups excluding carboxylic acids is 2. The van der Waals surface area contributed by atoms with Crippen molar-refractivity contribution in [1.82, 2.24) is 15.2 Å². The SMILES string of the molecule is CC(C)(C)OC(=O)N1CCCCC1CNCC(=O)c1ccc[nH]1. The average molecular weight is 321 g/mol. The smallest absolute Gasteiger partial charge is 0.410 e. The number of aromatic amines is 1. The van der Waals surface area contributed by atoms with Crippen molar-refractivity contribution in [2.75, 3.05) is 19.6 Å². The summed E-state index contributed by atoms with van der Waals surface area (Å²) < 4.78 is 5.48. The van der Waals surface area contributed by atoms with Crippen molar-refractivity contribution in [3.63, 3.8) is 0 Å². The summed E-state index contributed by atoms with van der Waals surface area (Å²) >= 11 is 0. The van der Waals surface area contributed by atoms with Gasteiger partial charge in [-0.05, 0) is 52.2 Å². The van der Waals surface area contributed by atoms with Crippen LogP contribution in [-0.4, -0.2) is 53.0 Å². The Morgan fingerprint density at radius 2 is 2.17 bits per heavy atom. The Kier molecular flexibility index (Phi) is 5.82. The van der Waals surface area contributed by atoms with E-state index in [-0.39, 0.29) is 24.5 Å². The number of nitrogens with zero attached hydrogens (tertiary/aromatic N) is 1. The van der Waals surface area contributed by atoms with Gasteiger partial charge in [0, 0.05) is 25.3 Å². The summed E-state index contributed by atoms with van der Waals surface area (Å²) in [5.74, 6) is 0.0228. The zero-order chi connectivity index (χ0) is 16.9. The molecule has 1 saturated heterocycles. The van der Waals surface area contributed by atoms with Gasteiger partial charge in [-0.1, -0.05) is 0 Å². The molecule has 0 radical (unpaired) electrons. The molecule has 1 fully saturated rings. The largest absolute Gasteiger partial charge is 0.444 e. The summed E-state index contributed by atoms with van der Waals surface area (Å²) in [5.41, 5.74) is 0.112. The number of piperidine rings is 1. The first-order valence-corrected chi connectivity index (χ1v) is 8.24. The van der Waals surface area contributed by atoms with Crippen LogP contribution in [0.25, 0.3) is 0 Å². The molecular formula is C17H27N3O3. The van der Waals surface area contributed by atoms with Crippen molar-refractivity contribution in [2.45, 2.75) is 51.7 Å². The lowest BCUT2D eigenvalue weighted by Gasteiger charge is -2.36. The number of rotatable bonds is 5. The Bertz CT molecular complexity index is 520. The van der Waals surface area contributed by atoms with Gasteiger partial charge >= 0.3 is 6.09 Å². The Hall–Kier alpha value is -1.82. The van der Waals surface area contributed by atoms with Crippen molar-refractivity contribution in [1.29, 1.82) is 0 Å². The molecule has 23 heavy (non-hydrogen) atoms. The molecule has 1 aromatic heterocycles. The first-order chi connectivity index (χ1) is 10.9. The summed E-state index contributed by atoms with van der Waals surface area (Å²) in [6.07, 6.45) is 4.49. The third kappa shape index (κ3) is 5.39. The highest BCUT2D eigenvalue weighted by Crippen LogP contribution is 2.20. The minimum Gasteiger partial charge on any atom is -0.444 e. The Morgan fingerprint density at radius 1 is 1.39 bits per heavy atom. The van der Waals surface area contributed by atoms with Crippen molar-refractivity contribution in [2.24, 2.45) is 0 Å². The predicted molar refractivity (Wildman–Crippen MR) is 88.6 cm³/mol. The summed E-state index contributed by atoms with van der Waals surface area (Å²) in [5, 5.41) is 3.17. The number of hydrogen-bond acceptors (Lipinski definition) is 4. The lowest BCUT2D eigenvalue weighted by molar-refractivity contribution is 0.0101. The number of aromatic nitrogens is 1. The fraction of sp³-hybridized carbons (Fsp3) is 0.647. The molecule has 1 aliphatic rings. The van der Waals surface area contributed by atoms with Crippen LogP contribution in [0.5, 0.6) is 0 Å². The summed E-state index contributed by atoms with van der Waals surface area (Å²) in [7, 11) is 0. The second-order valence-electron chi connectivity index (χ2n) is 6.96. The van der Waals surface area contributed by atoms with Crippen LogP contribution < -0.4 is 5.32 Å². The molecular weight excluding hydrogens is 294 g/mol. The highest BCUT2D eigenvalue weighted by atomic mass is 16.6. The Morgan fingerprint density at radius 3 is 2.83 bits per heavy atom. The van der Waals surface area contributed by atoms with Crippen molar-refractivity contribution in [3.05, 3.63) is 24.0 Å². The fourth-order valence-corrected chi connectivity index (χ4v) is 2.73. The molecule has 1 aromatic rings. The molecule has 1 amide bonds. The zero-order valence-corrected chi connectivity index (χ0v) is 14.2. The predicted octanol–water partition coefficient (Wildman–Crippen LogP) is 2.58. The van der Waals surface area contributed by atoms with E-state index in [9.17, 15) is 9.59 Å². The first-order valence-electron chi connectivity index (χ1n) is 8.24. The van der Waals surface area contributed by atoms with E-state index in [1.54, 1.807) is 23.2 Å². The number of nitrogens with one attached hydrogen (secondary N) is 2. The number of ether oxygens (including phenoxy) is 1. The van der Waals surface area contributed by atoms with Gasteiger partial charge in [-0.3, -0.25) is 4.79 Å². The maximum atomic E-state index is 12.3. The molecule has 0 aromatic carbocycles. The van der Waals surface area contributed by atoms with Crippen molar-refractivity contribution >= 4 is 11.9 Å². The van der Waals surface area contributed by atoms with E-state index in [0.29, 0.717) is 18.8 Å². The molecule has 0 bridgehead atoms. The van der Waals surface area contributed by atoms with Gasteiger partial charge in [-0.25, -0.2) is 4.79 Å². The number of Topliss-reactive ketones (excluding diaryl/α,β-unsaturated/α-hetero) is 1. The van der Waals surface area contributed by atoms with Gasteiger partial charge in [0.25, 0.3) is 0 Å². The second-order valence-corrected chi connectivity index (χ2v) is 6.96. The number of likely N-dealkylation sites (tertiary alicyclic amines) is 1. The van der Waals surface area contributed by atoms with Gasteiger partial charge in [-0.2, -0.15) is 0 Å². The van der Waals surface area contributed by atoms with E-state index < -0.39 is 5.60 Å². The third-order valence-electron chi connectivity index (χ3n) is 3.82. The van der Waals surface area contributed by atoms with Gasteiger partial charge < -0.3 is 19.9 Å². The number of carbonyl (C=O) groups is 2. The van der Waals surface area contributed by atoms with Crippen LogP contribution in [0.2, 0.25) is 0 Å². The number of hydrogen-bond donors (Lipinski definition) is 2. The standard InChI is InChI=1S/C17H27N3O3/c1-17(2,3)23-16(22)20-10-5-4-7-13(20)11-18-12-15(21)14-8-6-9-19-14/h6,8-9,13,18-19H,4-5,7,10-12H2,1-3H3. The summed E-state index contributed by atoms with van der Waals surface area (Å²) in [4.78, 5) is 29.0. The molecule has 2 N–H and O–H groups in total. The number of H-pyrrole nitrogens is 1. The van der Waals surface area contributed by atoms with E-state index in [2.05, 4.69) is 10.3 Å². The monoisotopic (exact) mass is 321 g/mol. The van der Waals surface area contributed by atoms with Gasteiger partial charge in [0.05, 0.1) is 12.2 Å². The maximum absolute atomic E-state index is 12.3. The van der Waals surface area contributed by atoms with Crippen LogP contribution in [0.3, 0.4) is 0 Å². The molecule has 128 valence electrons. The van der Waals surface area contributed by atoms with Crippen molar-refractivity contribution in [3.8, 4) is 0 Å². The van der Waals surface area contributed by atoms with E-state index in [1.807, 2.05) is 20.8 Å². The summed E-state index contributed by atoms with van der Waals surface area (Å²) in [6, 6.07) is 3.64. The second kappa shape index (κ2) is 7.64. The Labute approximate surface area is 137 Å². The minimum absolute atomic E-state index is 0.0228. The topological polar surface area (TPSA) is 74.4 Å². The number of amides is 1. The molecule has 2 heterocycles. The molecule has 0 saturated carbocycles. The zero-order valence-electron chi connectivity index (χ0n) is 14.2. The molecule has 0 spiro atoms. The van der Waals surface area contributed by atoms with Gasteiger partial charge in [0.15, 0.2) is 5.78 Å². The van der Waals surface area contributed by atoms with Crippen LogP contribution >= 0.6 is 0 Å². The van der Waals surface area contributed by atoms with E-state index in [0.717, 1.165) is 19.3 Å². The maximum Gasteiger partial charge on any atom is 0.410 e. The molecule has 1 atom stereocenters. The number of ketones is 1. The Balaban J connectivity index is 1.84. The molecule has 2 rings (SSSR count). The van der Waals surface area contributed by atoms with Crippen molar-refractivity contribution < 1.29 is 14.3 Å². The highest BCUT2D eigenvalue weighted by molar-refractivity contribution is 5.95. The molecule has 0 aliphatic carbocycles. The molecule has 1 unspecified atom stereocenters. The van der Waals surface area contributed by atoms with Crippen LogP contribution in [0.15, 0.2) is 18.3 Å². The third-order valence-corrected chi connectivity index (χ3v) is 3.82. The minimum atomic E-state index is -0.490. The lowest BCUT2D eigenvalue weighted by atomic mass is 10.0. The average Bonchev–Trinajstić information content (AvgIpc) is 3.00.